The lowest BCUT2D eigenvalue weighted by molar-refractivity contribution is -0.153. The molecule has 2 aliphatic heterocycles. The number of sulfonamides is 2. The molecule has 254 valence electrons. The van der Waals surface area contributed by atoms with E-state index < -0.39 is 50.5 Å². The zero-order valence-electron chi connectivity index (χ0n) is 26.3. The SMILES string of the molecule is Cc1cc(C)c(C)c(S(=O)(=O)N2Cc3ccccc3C[C@@H]2C(=O)Nc2cc(S(=O)(=O)N3CCOCC3)ccc2OCC(F)(F)F)c1C. The Labute approximate surface area is 272 Å². The van der Waals surface area contributed by atoms with Gasteiger partial charge in [0.25, 0.3) is 0 Å². The second kappa shape index (κ2) is 13.2. The smallest absolute Gasteiger partial charge is 0.422 e. The Morgan fingerprint density at radius 2 is 1.53 bits per heavy atom. The van der Waals surface area contributed by atoms with Crippen LogP contribution in [0.15, 0.2) is 58.3 Å². The molecule has 0 spiro atoms. The van der Waals surface area contributed by atoms with Gasteiger partial charge in [-0.05, 0) is 85.7 Å². The van der Waals surface area contributed by atoms with Crippen LogP contribution in [0.2, 0.25) is 0 Å². The molecular formula is C32H36F3N3O7S2. The molecule has 10 nitrogen and oxygen atoms in total. The topological polar surface area (TPSA) is 122 Å². The molecule has 2 heterocycles. The minimum absolute atomic E-state index is 0.0331. The molecule has 47 heavy (non-hydrogen) atoms. The Morgan fingerprint density at radius 1 is 0.915 bits per heavy atom. The summed E-state index contributed by atoms with van der Waals surface area (Å²) in [6, 6.07) is 10.8. The summed E-state index contributed by atoms with van der Waals surface area (Å²) >= 11 is 0. The average molecular weight is 696 g/mol. The van der Waals surface area contributed by atoms with Crippen LogP contribution in [-0.2, 0) is 42.5 Å². The van der Waals surface area contributed by atoms with Gasteiger partial charge in [-0.25, -0.2) is 16.8 Å². The van der Waals surface area contributed by atoms with Crippen LogP contribution in [0.5, 0.6) is 5.75 Å². The number of halogens is 3. The lowest BCUT2D eigenvalue weighted by Gasteiger charge is -2.36. The molecule has 1 amide bonds. The first-order chi connectivity index (χ1) is 22.0. The molecule has 0 aromatic heterocycles. The number of benzene rings is 3. The number of rotatable bonds is 8. The van der Waals surface area contributed by atoms with Gasteiger partial charge in [-0.1, -0.05) is 30.3 Å². The molecule has 0 bridgehead atoms. The predicted molar refractivity (Wildman–Crippen MR) is 168 cm³/mol. The van der Waals surface area contributed by atoms with Crippen molar-refractivity contribution in [2.75, 3.05) is 38.2 Å². The fourth-order valence-corrected chi connectivity index (χ4v) is 9.44. The van der Waals surface area contributed by atoms with Gasteiger partial charge in [-0.3, -0.25) is 4.79 Å². The van der Waals surface area contributed by atoms with Gasteiger partial charge >= 0.3 is 6.18 Å². The van der Waals surface area contributed by atoms with Crippen LogP contribution in [0.25, 0.3) is 0 Å². The number of anilines is 1. The van der Waals surface area contributed by atoms with Gasteiger partial charge in [0.15, 0.2) is 6.61 Å². The van der Waals surface area contributed by atoms with Crippen LogP contribution < -0.4 is 10.1 Å². The van der Waals surface area contributed by atoms with Crippen LogP contribution in [0, 0.1) is 27.7 Å². The van der Waals surface area contributed by atoms with E-state index in [2.05, 4.69) is 5.32 Å². The number of aryl methyl sites for hydroxylation is 2. The van der Waals surface area contributed by atoms with E-state index in [4.69, 9.17) is 9.47 Å². The van der Waals surface area contributed by atoms with Crippen molar-refractivity contribution >= 4 is 31.6 Å². The van der Waals surface area contributed by atoms with E-state index in [1.54, 1.807) is 52.0 Å². The van der Waals surface area contributed by atoms with Crippen molar-refractivity contribution in [1.29, 1.82) is 0 Å². The molecule has 5 rings (SSSR count). The van der Waals surface area contributed by atoms with Crippen molar-refractivity contribution in [3.8, 4) is 5.75 Å². The molecule has 1 atom stereocenters. The minimum atomic E-state index is -4.72. The fourth-order valence-electron chi connectivity index (χ4n) is 5.86. The maximum atomic E-state index is 14.5. The summed E-state index contributed by atoms with van der Waals surface area (Å²) in [5.74, 6) is -1.29. The van der Waals surface area contributed by atoms with E-state index >= 15 is 0 Å². The summed E-state index contributed by atoms with van der Waals surface area (Å²) in [5.41, 5.74) is 3.68. The Morgan fingerprint density at radius 3 is 2.15 bits per heavy atom. The molecule has 1 N–H and O–H groups in total. The Bertz CT molecular complexity index is 1880. The molecule has 0 unspecified atom stereocenters. The fraction of sp³-hybridized carbons (Fsp3) is 0.406. The number of carbonyl (C=O) groups excluding carboxylic acids is 1. The van der Waals surface area contributed by atoms with E-state index in [0.717, 1.165) is 39.2 Å². The van der Waals surface area contributed by atoms with E-state index in [1.165, 1.54) is 4.31 Å². The summed E-state index contributed by atoms with van der Waals surface area (Å²) in [5, 5.41) is 2.52. The summed E-state index contributed by atoms with van der Waals surface area (Å²) in [6.07, 6.45) is -4.76. The molecule has 0 aliphatic carbocycles. The highest BCUT2D eigenvalue weighted by molar-refractivity contribution is 7.89. The van der Waals surface area contributed by atoms with Crippen LogP contribution in [0.1, 0.15) is 33.4 Å². The maximum absolute atomic E-state index is 14.5. The minimum Gasteiger partial charge on any atom is -0.482 e. The second-order valence-electron chi connectivity index (χ2n) is 11.7. The molecule has 3 aromatic rings. The molecule has 3 aromatic carbocycles. The number of alkyl halides is 3. The van der Waals surface area contributed by atoms with Crippen LogP contribution in [0.3, 0.4) is 0 Å². The molecule has 1 fully saturated rings. The molecule has 0 radical (unpaired) electrons. The number of hydrogen-bond acceptors (Lipinski definition) is 7. The summed E-state index contributed by atoms with van der Waals surface area (Å²) in [6.45, 7) is 5.65. The Hall–Kier alpha value is -3.50. The molecule has 1 saturated heterocycles. The first kappa shape index (κ1) is 34.8. The quantitative estimate of drug-likeness (QED) is 0.365. The lowest BCUT2D eigenvalue weighted by Crippen LogP contribution is -2.50. The lowest BCUT2D eigenvalue weighted by atomic mass is 9.95. The van der Waals surface area contributed by atoms with Crippen molar-refractivity contribution in [2.45, 2.75) is 62.7 Å². The maximum Gasteiger partial charge on any atom is 0.422 e. The van der Waals surface area contributed by atoms with Crippen molar-refractivity contribution in [2.24, 2.45) is 0 Å². The number of amides is 1. The molecule has 0 saturated carbocycles. The van der Waals surface area contributed by atoms with Gasteiger partial charge in [0, 0.05) is 19.6 Å². The zero-order chi connectivity index (χ0) is 34.3. The zero-order valence-corrected chi connectivity index (χ0v) is 28.0. The van der Waals surface area contributed by atoms with Crippen LogP contribution in [-0.4, -0.2) is 76.5 Å². The van der Waals surface area contributed by atoms with E-state index in [0.29, 0.717) is 16.7 Å². The number of fused-ring (bicyclic) bond motifs is 1. The van der Waals surface area contributed by atoms with Gasteiger partial charge in [-0.15, -0.1) is 0 Å². The Balaban J connectivity index is 1.57. The number of nitrogens with one attached hydrogen (secondary N) is 1. The van der Waals surface area contributed by atoms with E-state index in [-0.39, 0.29) is 54.7 Å². The number of nitrogens with zero attached hydrogens (tertiary/aromatic N) is 2. The van der Waals surface area contributed by atoms with Crippen molar-refractivity contribution in [3.05, 3.63) is 81.9 Å². The number of hydrogen-bond donors (Lipinski definition) is 1. The standard InChI is InChI=1S/C32H36F3N3O7S2/c1-20-15-21(2)23(4)30(22(20)3)47(42,43)38-18-25-8-6-5-7-24(25)16-28(38)31(39)36-27-17-26(9-10-29(27)45-19-32(33,34)35)46(40,41)37-11-13-44-14-12-37/h5-10,15,17,28H,11-14,16,18-19H2,1-4H3,(H,36,39)/t28-/m1/s1. The van der Waals surface area contributed by atoms with Crippen LogP contribution in [0.4, 0.5) is 18.9 Å². The highest BCUT2D eigenvalue weighted by Gasteiger charge is 2.41. The van der Waals surface area contributed by atoms with E-state index in [9.17, 15) is 34.8 Å². The van der Waals surface area contributed by atoms with Crippen molar-refractivity contribution in [1.82, 2.24) is 8.61 Å². The second-order valence-corrected chi connectivity index (χ2v) is 15.5. The van der Waals surface area contributed by atoms with Gasteiger partial charge in [0.05, 0.1) is 28.7 Å². The number of morpholine rings is 1. The summed E-state index contributed by atoms with van der Waals surface area (Å²) in [7, 11) is -8.42. The third-order valence-electron chi connectivity index (χ3n) is 8.58. The van der Waals surface area contributed by atoms with Gasteiger partial charge in [0.1, 0.15) is 11.8 Å². The average Bonchev–Trinajstić information content (AvgIpc) is 3.02. The van der Waals surface area contributed by atoms with Crippen molar-refractivity contribution < 1.29 is 44.3 Å². The van der Waals surface area contributed by atoms with Gasteiger partial charge in [-0.2, -0.15) is 21.8 Å². The normalized spacial score (nSPS) is 18.1. The van der Waals surface area contributed by atoms with Gasteiger partial charge < -0.3 is 14.8 Å². The third kappa shape index (κ3) is 7.18. The van der Waals surface area contributed by atoms with Crippen LogP contribution >= 0.6 is 0 Å². The monoisotopic (exact) mass is 695 g/mol. The Kier molecular flexibility index (Phi) is 9.77. The predicted octanol–water partition coefficient (Wildman–Crippen LogP) is 4.64. The van der Waals surface area contributed by atoms with Gasteiger partial charge in [0.2, 0.25) is 26.0 Å². The number of ether oxygens (including phenoxy) is 2. The third-order valence-corrected chi connectivity index (χ3v) is 12.6. The first-order valence-corrected chi connectivity index (χ1v) is 17.8. The first-order valence-electron chi connectivity index (χ1n) is 14.9. The number of carbonyl (C=O) groups is 1. The van der Waals surface area contributed by atoms with Crippen molar-refractivity contribution in [3.63, 3.8) is 0 Å². The highest BCUT2D eigenvalue weighted by Crippen LogP contribution is 2.36. The molecule has 15 heteroatoms. The van der Waals surface area contributed by atoms with E-state index in [1.807, 2.05) is 6.07 Å². The highest BCUT2D eigenvalue weighted by atomic mass is 32.2. The molecular weight excluding hydrogens is 659 g/mol. The molecule has 2 aliphatic rings. The summed E-state index contributed by atoms with van der Waals surface area (Å²) < 4.78 is 108. The largest absolute Gasteiger partial charge is 0.482 e. The summed E-state index contributed by atoms with van der Waals surface area (Å²) in [4.78, 5) is 13.9.